The summed E-state index contributed by atoms with van der Waals surface area (Å²) >= 11 is 4.76. The molecule has 0 atom stereocenters. The number of sulfone groups is 1. The van der Waals surface area contributed by atoms with E-state index < -0.39 is 9.84 Å². The van der Waals surface area contributed by atoms with Crippen molar-refractivity contribution in [1.82, 2.24) is 4.98 Å². The van der Waals surface area contributed by atoms with Gasteiger partial charge >= 0.3 is 0 Å². The summed E-state index contributed by atoms with van der Waals surface area (Å²) in [5.74, 6) is -0.422. The van der Waals surface area contributed by atoms with E-state index in [1.54, 1.807) is 24.3 Å². The van der Waals surface area contributed by atoms with E-state index in [1.807, 2.05) is 29.6 Å². The van der Waals surface area contributed by atoms with Crippen LogP contribution in [0.1, 0.15) is 15.9 Å². The van der Waals surface area contributed by atoms with Gasteiger partial charge < -0.3 is 0 Å². The molecule has 134 valence electrons. The van der Waals surface area contributed by atoms with Crippen LogP contribution >= 0.6 is 27.3 Å². The predicted molar refractivity (Wildman–Crippen MR) is 108 cm³/mol. The molecular weight excluding hydrogens is 436 g/mol. The highest BCUT2D eigenvalue weighted by Gasteiger charge is 2.12. The number of hydrogen-bond acceptors (Lipinski definition) is 5. The first-order valence-electron chi connectivity index (χ1n) is 7.60. The van der Waals surface area contributed by atoms with E-state index in [-0.39, 0.29) is 11.7 Å². The third-order valence-electron chi connectivity index (χ3n) is 3.46. The van der Waals surface area contributed by atoms with Crippen molar-refractivity contribution in [2.75, 3.05) is 11.6 Å². The van der Waals surface area contributed by atoms with Crippen LogP contribution in [-0.4, -0.2) is 25.6 Å². The van der Waals surface area contributed by atoms with Gasteiger partial charge in [-0.15, -0.1) is 11.3 Å². The Hall–Kier alpha value is -2.03. The molecule has 0 spiro atoms. The van der Waals surface area contributed by atoms with Crippen LogP contribution in [0.15, 0.2) is 58.4 Å². The largest absolute Gasteiger partial charge is 0.298 e. The molecule has 2 aromatic carbocycles. The van der Waals surface area contributed by atoms with Crippen molar-refractivity contribution < 1.29 is 13.2 Å². The molecule has 0 saturated heterocycles. The average molecular weight is 451 g/mol. The number of rotatable bonds is 5. The predicted octanol–water partition coefficient (Wildman–Crippen LogP) is 4.37. The second kappa shape index (κ2) is 7.69. The molecule has 3 aromatic rings. The van der Waals surface area contributed by atoms with Gasteiger partial charge in [0.25, 0.3) is 5.91 Å². The van der Waals surface area contributed by atoms with E-state index in [0.29, 0.717) is 16.3 Å². The Kier molecular flexibility index (Phi) is 5.55. The molecule has 0 radical (unpaired) electrons. The van der Waals surface area contributed by atoms with Gasteiger partial charge in [0, 0.05) is 27.2 Å². The van der Waals surface area contributed by atoms with Crippen molar-refractivity contribution >= 4 is 48.1 Å². The Morgan fingerprint density at radius 3 is 2.69 bits per heavy atom. The van der Waals surface area contributed by atoms with E-state index in [0.717, 1.165) is 15.7 Å². The molecular formula is C18H15BrN2O3S2. The van der Waals surface area contributed by atoms with Crippen molar-refractivity contribution in [3.8, 4) is 11.3 Å². The minimum Gasteiger partial charge on any atom is -0.298 e. The number of halogens is 1. The molecule has 1 heterocycles. The quantitative estimate of drug-likeness (QED) is 0.625. The smallest absolute Gasteiger partial charge is 0.257 e. The van der Waals surface area contributed by atoms with Crippen molar-refractivity contribution in [1.29, 1.82) is 0 Å². The molecule has 26 heavy (non-hydrogen) atoms. The summed E-state index contributed by atoms with van der Waals surface area (Å²) in [7, 11) is -3.16. The van der Waals surface area contributed by atoms with E-state index in [2.05, 4.69) is 26.2 Å². The van der Waals surface area contributed by atoms with Gasteiger partial charge in [-0.05, 0) is 29.8 Å². The van der Waals surface area contributed by atoms with Gasteiger partial charge in [-0.1, -0.05) is 40.2 Å². The van der Waals surface area contributed by atoms with Crippen LogP contribution in [0.2, 0.25) is 0 Å². The first kappa shape index (κ1) is 18.8. The normalized spacial score (nSPS) is 11.3. The van der Waals surface area contributed by atoms with Gasteiger partial charge in [0.05, 0.1) is 11.4 Å². The second-order valence-electron chi connectivity index (χ2n) is 5.77. The molecule has 0 aliphatic heterocycles. The van der Waals surface area contributed by atoms with Crippen molar-refractivity contribution in [3.63, 3.8) is 0 Å². The zero-order valence-corrected chi connectivity index (χ0v) is 17.0. The lowest BCUT2D eigenvalue weighted by Gasteiger charge is -2.04. The monoisotopic (exact) mass is 450 g/mol. The summed E-state index contributed by atoms with van der Waals surface area (Å²) in [5.41, 5.74) is 2.70. The summed E-state index contributed by atoms with van der Waals surface area (Å²) in [4.78, 5) is 16.9. The lowest BCUT2D eigenvalue weighted by molar-refractivity contribution is 0.102. The maximum atomic E-state index is 12.4. The Morgan fingerprint density at radius 2 is 1.96 bits per heavy atom. The number of carbonyl (C=O) groups excluding carboxylic acids is 1. The highest BCUT2D eigenvalue weighted by Crippen LogP contribution is 2.27. The van der Waals surface area contributed by atoms with Crippen molar-refractivity contribution in [2.45, 2.75) is 5.75 Å². The Bertz CT molecular complexity index is 1060. The maximum absolute atomic E-state index is 12.4. The minimum absolute atomic E-state index is 0.0988. The number of hydrogen-bond donors (Lipinski definition) is 1. The van der Waals surface area contributed by atoms with E-state index >= 15 is 0 Å². The highest BCUT2D eigenvalue weighted by molar-refractivity contribution is 9.10. The minimum atomic E-state index is -3.16. The summed E-state index contributed by atoms with van der Waals surface area (Å²) in [5, 5.41) is 5.12. The van der Waals surface area contributed by atoms with E-state index in [9.17, 15) is 13.2 Å². The van der Waals surface area contributed by atoms with E-state index in [4.69, 9.17) is 0 Å². The van der Waals surface area contributed by atoms with Crippen LogP contribution < -0.4 is 5.32 Å². The van der Waals surface area contributed by atoms with Gasteiger partial charge in [0.1, 0.15) is 0 Å². The standard InChI is InChI=1S/C18H15BrN2O3S2/c1-26(23,24)11-12-4-2-6-14(8-12)17(22)21-18-20-16(10-25-18)13-5-3-7-15(19)9-13/h2-10H,11H2,1H3,(H,20,21,22). The lowest BCUT2D eigenvalue weighted by Crippen LogP contribution is -2.12. The Morgan fingerprint density at radius 1 is 1.19 bits per heavy atom. The highest BCUT2D eigenvalue weighted by atomic mass is 79.9. The van der Waals surface area contributed by atoms with Crippen LogP contribution in [0, 0.1) is 0 Å². The molecule has 1 aromatic heterocycles. The molecule has 0 aliphatic rings. The molecule has 0 saturated carbocycles. The molecule has 0 unspecified atom stereocenters. The Balaban J connectivity index is 1.76. The number of nitrogens with zero attached hydrogens (tertiary/aromatic N) is 1. The number of amides is 1. The summed E-state index contributed by atoms with van der Waals surface area (Å²) < 4.78 is 23.8. The van der Waals surface area contributed by atoms with Gasteiger partial charge in [-0.3, -0.25) is 10.1 Å². The van der Waals surface area contributed by atoms with Gasteiger partial charge in [0.2, 0.25) is 0 Å². The maximum Gasteiger partial charge on any atom is 0.257 e. The zero-order chi connectivity index (χ0) is 18.7. The van der Waals surface area contributed by atoms with Crippen molar-refractivity contribution in [2.24, 2.45) is 0 Å². The van der Waals surface area contributed by atoms with Crippen LogP contribution in [0.3, 0.4) is 0 Å². The fourth-order valence-corrected chi connectivity index (χ4v) is 4.28. The number of anilines is 1. The zero-order valence-electron chi connectivity index (χ0n) is 13.8. The SMILES string of the molecule is CS(=O)(=O)Cc1cccc(C(=O)Nc2nc(-c3cccc(Br)c3)cs2)c1. The molecule has 1 amide bonds. The van der Waals surface area contributed by atoms with Crippen LogP contribution in [0.5, 0.6) is 0 Å². The molecule has 5 nitrogen and oxygen atoms in total. The topological polar surface area (TPSA) is 76.1 Å². The average Bonchev–Trinajstić information content (AvgIpc) is 3.02. The Labute approximate surface area is 164 Å². The van der Waals surface area contributed by atoms with Gasteiger partial charge in [-0.2, -0.15) is 0 Å². The third-order valence-corrected chi connectivity index (χ3v) is 5.57. The van der Waals surface area contributed by atoms with Crippen LogP contribution in [0.4, 0.5) is 5.13 Å². The number of aromatic nitrogens is 1. The van der Waals surface area contributed by atoms with Gasteiger partial charge in [0.15, 0.2) is 15.0 Å². The second-order valence-corrected chi connectivity index (χ2v) is 9.69. The lowest BCUT2D eigenvalue weighted by atomic mass is 10.1. The summed E-state index contributed by atoms with van der Waals surface area (Å²) in [6.07, 6.45) is 1.17. The van der Waals surface area contributed by atoms with Gasteiger partial charge in [-0.25, -0.2) is 13.4 Å². The number of carbonyl (C=O) groups is 1. The fraction of sp³-hybridized carbons (Fsp3) is 0.111. The number of benzene rings is 2. The fourth-order valence-electron chi connectivity index (χ4n) is 2.39. The molecule has 8 heteroatoms. The molecule has 0 bridgehead atoms. The first-order chi connectivity index (χ1) is 12.3. The summed E-state index contributed by atoms with van der Waals surface area (Å²) in [6.45, 7) is 0. The van der Waals surface area contributed by atoms with E-state index in [1.165, 1.54) is 17.6 Å². The van der Waals surface area contributed by atoms with Crippen molar-refractivity contribution in [3.05, 3.63) is 69.5 Å². The molecule has 0 aliphatic carbocycles. The van der Waals surface area contributed by atoms with Crippen LogP contribution in [0.25, 0.3) is 11.3 Å². The first-order valence-corrected chi connectivity index (χ1v) is 11.3. The third kappa shape index (κ3) is 5.00. The molecule has 0 fully saturated rings. The molecule has 3 rings (SSSR count). The molecule has 1 N–H and O–H groups in total. The van der Waals surface area contributed by atoms with Crippen LogP contribution in [-0.2, 0) is 15.6 Å². The number of thiazole rings is 1. The number of nitrogens with one attached hydrogen (secondary N) is 1. The summed E-state index contributed by atoms with van der Waals surface area (Å²) in [6, 6.07) is 14.3.